The number of hydrogen-bond acceptors (Lipinski definition) is 3. The number of rotatable bonds is 6. The van der Waals surface area contributed by atoms with Gasteiger partial charge in [0, 0.05) is 11.3 Å². The highest BCUT2D eigenvalue weighted by Crippen LogP contribution is 2.11. The molecule has 1 amide bonds. The second-order valence-electron chi connectivity index (χ2n) is 4.34. The third-order valence-corrected chi connectivity index (χ3v) is 3.62. The van der Waals surface area contributed by atoms with Gasteiger partial charge in [-0.25, -0.2) is 4.39 Å². The van der Waals surface area contributed by atoms with Crippen LogP contribution >= 0.6 is 11.8 Å². The van der Waals surface area contributed by atoms with E-state index in [-0.39, 0.29) is 29.0 Å². The van der Waals surface area contributed by atoms with E-state index in [1.165, 1.54) is 36.0 Å². The smallest absolute Gasteiger partial charge is 0.234 e. The lowest BCUT2D eigenvalue weighted by Crippen LogP contribution is -2.15. The van der Waals surface area contributed by atoms with Crippen LogP contribution in [0.3, 0.4) is 0 Å². The van der Waals surface area contributed by atoms with Crippen molar-refractivity contribution in [3.8, 4) is 0 Å². The van der Waals surface area contributed by atoms with Gasteiger partial charge < -0.3 is 5.32 Å². The first-order valence-corrected chi connectivity index (χ1v) is 7.52. The molecular weight excluding hydrogens is 289 g/mol. The number of Topliss-reactive ketones (excluding diaryl/α,β-unsaturated/α-hetero) is 1. The van der Waals surface area contributed by atoms with Crippen LogP contribution in [0.2, 0.25) is 0 Å². The van der Waals surface area contributed by atoms with Crippen molar-refractivity contribution in [2.24, 2.45) is 0 Å². The fourth-order valence-electron chi connectivity index (χ4n) is 1.67. The molecule has 0 saturated heterocycles. The molecule has 0 fully saturated rings. The minimum atomic E-state index is -0.351. The monoisotopic (exact) mass is 303 g/mol. The normalized spacial score (nSPS) is 10.1. The molecule has 0 bridgehead atoms. The summed E-state index contributed by atoms with van der Waals surface area (Å²) in [6.45, 7) is 0. The lowest BCUT2D eigenvalue weighted by Gasteiger charge is -2.05. The van der Waals surface area contributed by atoms with E-state index in [0.717, 1.165) is 0 Å². The summed E-state index contributed by atoms with van der Waals surface area (Å²) in [7, 11) is 0. The Labute approximate surface area is 126 Å². The van der Waals surface area contributed by atoms with Gasteiger partial charge in [-0.1, -0.05) is 30.3 Å². The molecule has 2 aromatic rings. The molecule has 1 N–H and O–H groups in total. The summed E-state index contributed by atoms with van der Waals surface area (Å²) in [5, 5.41) is 2.64. The first-order chi connectivity index (χ1) is 10.1. The molecule has 0 aliphatic rings. The van der Waals surface area contributed by atoms with Gasteiger partial charge in [-0.3, -0.25) is 9.59 Å². The molecule has 2 aromatic carbocycles. The molecule has 0 unspecified atom stereocenters. The van der Waals surface area contributed by atoms with Crippen molar-refractivity contribution in [3.63, 3.8) is 0 Å². The SMILES string of the molecule is O=C(CSCC(=O)c1ccccc1)Nc1ccc(F)cc1. The molecule has 0 radical (unpaired) electrons. The number of benzene rings is 2. The van der Waals surface area contributed by atoms with E-state index in [1.807, 2.05) is 6.07 Å². The van der Waals surface area contributed by atoms with Gasteiger partial charge in [-0.2, -0.15) is 0 Å². The minimum Gasteiger partial charge on any atom is -0.325 e. The Hall–Kier alpha value is -2.14. The number of ketones is 1. The quantitative estimate of drug-likeness (QED) is 0.832. The highest BCUT2D eigenvalue weighted by Gasteiger charge is 2.08. The number of thioether (sulfide) groups is 1. The average molecular weight is 303 g/mol. The van der Waals surface area contributed by atoms with E-state index in [2.05, 4.69) is 5.32 Å². The van der Waals surface area contributed by atoms with E-state index in [1.54, 1.807) is 24.3 Å². The summed E-state index contributed by atoms with van der Waals surface area (Å²) >= 11 is 1.25. The predicted molar refractivity (Wildman–Crippen MR) is 83.1 cm³/mol. The first kappa shape index (κ1) is 15.3. The Kier molecular flexibility index (Phi) is 5.51. The molecular formula is C16H14FNO2S. The Morgan fingerprint density at radius 2 is 1.62 bits per heavy atom. The molecule has 0 aromatic heterocycles. The van der Waals surface area contributed by atoms with Crippen molar-refractivity contribution < 1.29 is 14.0 Å². The third-order valence-electron chi connectivity index (χ3n) is 2.69. The highest BCUT2D eigenvalue weighted by molar-refractivity contribution is 8.00. The van der Waals surface area contributed by atoms with Gasteiger partial charge in [0.25, 0.3) is 0 Å². The zero-order valence-corrected chi connectivity index (χ0v) is 12.0. The highest BCUT2D eigenvalue weighted by atomic mass is 32.2. The number of carbonyl (C=O) groups excluding carboxylic acids is 2. The van der Waals surface area contributed by atoms with Gasteiger partial charge in [0.2, 0.25) is 5.91 Å². The van der Waals surface area contributed by atoms with Gasteiger partial charge in [0.15, 0.2) is 5.78 Å². The maximum absolute atomic E-state index is 12.7. The van der Waals surface area contributed by atoms with E-state index in [9.17, 15) is 14.0 Å². The number of nitrogens with one attached hydrogen (secondary N) is 1. The molecule has 0 heterocycles. The molecule has 3 nitrogen and oxygen atoms in total. The molecule has 21 heavy (non-hydrogen) atoms. The van der Waals surface area contributed by atoms with E-state index in [4.69, 9.17) is 0 Å². The second-order valence-corrected chi connectivity index (χ2v) is 5.32. The summed E-state index contributed by atoms with van der Waals surface area (Å²) in [6.07, 6.45) is 0. The molecule has 0 spiro atoms. The number of anilines is 1. The van der Waals surface area contributed by atoms with Gasteiger partial charge in [0.1, 0.15) is 5.82 Å². The maximum Gasteiger partial charge on any atom is 0.234 e. The molecule has 0 aliphatic carbocycles. The van der Waals surface area contributed by atoms with Crippen LogP contribution in [0.1, 0.15) is 10.4 Å². The van der Waals surface area contributed by atoms with Crippen LogP contribution in [0.15, 0.2) is 54.6 Å². The first-order valence-electron chi connectivity index (χ1n) is 6.36. The van der Waals surface area contributed by atoms with Crippen LogP contribution in [0, 0.1) is 5.82 Å². The summed E-state index contributed by atoms with van der Waals surface area (Å²) in [5.74, 6) is -0.143. The second kappa shape index (κ2) is 7.59. The average Bonchev–Trinajstić information content (AvgIpc) is 2.50. The molecule has 0 aliphatic heterocycles. The van der Waals surface area contributed by atoms with Crippen LogP contribution in [-0.2, 0) is 4.79 Å². The Morgan fingerprint density at radius 3 is 2.29 bits per heavy atom. The van der Waals surface area contributed by atoms with Crippen molar-refractivity contribution in [2.45, 2.75) is 0 Å². The summed E-state index contributed by atoms with van der Waals surface area (Å²) in [6, 6.07) is 14.5. The van der Waals surface area contributed by atoms with Gasteiger partial charge in [0.05, 0.1) is 11.5 Å². The number of amides is 1. The largest absolute Gasteiger partial charge is 0.325 e. The molecule has 0 saturated carbocycles. The zero-order chi connectivity index (χ0) is 15.1. The molecule has 2 rings (SSSR count). The van der Waals surface area contributed by atoms with Crippen LogP contribution in [0.4, 0.5) is 10.1 Å². The predicted octanol–water partition coefficient (Wildman–Crippen LogP) is 3.38. The van der Waals surface area contributed by atoms with Crippen LogP contribution in [0.5, 0.6) is 0 Å². The summed E-state index contributed by atoms with van der Waals surface area (Å²) in [4.78, 5) is 23.5. The van der Waals surface area contributed by atoms with E-state index in [0.29, 0.717) is 11.3 Å². The Balaban J connectivity index is 1.74. The van der Waals surface area contributed by atoms with Gasteiger partial charge >= 0.3 is 0 Å². The zero-order valence-electron chi connectivity index (χ0n) is 11.2. The van der Waals surface area contributed by atoms with Crippen molar-refractivity contribution >= 4 is 29.1 Å². The topological polar surface area (TPSA) is 46.2 Å². The lowest BCUT2D eigenvalue weighted by molar-refractivity contribution is -0.113. The van der Waals surface area contributed by atoms with Gasteiger partial charge in [-0.05, 0) is 24.3 Å². The summed E-state index contributed by atoms with van der Waals surface area (Å²) < 4.78 is 12.7. The molecule has 108 valence electrons. The molecule has 0 atom stereocenters. The van der Waals surface area contributed by atoms with E-state index >= 15 is 0 Å². The van der Waals surface area contributed by atoms with Crippen molar-refractivity contribution in [1.29, 1.82) is 0 Å². The van der Waals surface area contributed by atoms with Crippen molar-refractivity contribution in [3.05, 3.63) is 66.0 Å². The Bertz CT molecular complexity index is 614. The maximum atomic E-state index is 12.7. The van der Waals surface area contributed by atoms with Crippen LogP contribution in [-0.4, -0.2) is 23.2 Å². The number of hydrogen-bond donors (Lipinski definition) is 1. The van der Waals surface area contributed by atoms with Crippen molar-refractivity contribution in [2.75, 3.05) is 16.8 Å². The Morgan fingerprint density at radius 1 is 0.952 bits per heavy atom. The van der Waals surface area contributed by atoms with Crippen LogP contribution in [0.25, 0.3) is 0 Å². The fraction of sp³-hybridized carbons (Fsp3) is 0.125. The summed E-state index contributed by atoms with van der Waals surface area (Å²) in [5.41, 5.74) is 1.18. The number of halogens is 1. The van der Waals surface area contributed by atoms with Crippen molar-refractivity contribution in [1.82, 2.24) is 0 Å². The molecule has 5 heteroatoms. The lowest BCUT2D eigenvalue weighted by atomic mass is 10.2. The standard InChI is InChI=1S/C16H14FNO2S/c17-13-6-8-14(9-7-13)18-16(20)11-21-10-15(19)12-4-2-1-3-5-12/h1-9H,10-11H2,(H,18,20). The van der Waals surface area contributed by atoms with Crippen LogP contribution < -0.4 is 5.32 Å². The van der Waals surface area contributed by atoms with Gasteiger partial charge in [-0.15, -0.1) is 11.8 Å². The fourth-order valence-corrected chi connectivity index (χ4v) is 2.39. The number of carbonyl (C=O) groups is 2. The minimum absolute atomic E-state index is 0.00446. The third kappa shape index (κ3) is 5.04. The van der Waals surface area contributed by atoms with E-state index < -0.39 is 0 Å².